The number of carbonyl (C=O) groups excluding carboxylic acids is 2. The average molecular weight is 351 g/mol. The van der Waals surface area contributed by atoms with E-state index in [0.29, 0.717) is 23.6 Å². The van der Waals surface area contributed by atoms with Gasteiger partial charge in [0, 0.05) is 17.1 Å². The zero-order chi connectivity index (χ0) is 18.3. The normalized spacial score (nSPS) is 15.8. The van der Waals surface area contributed by atoms with Crippen LogP contribution in [-0.2, 0) is 11.2 Å². The SMILES string of the molecule is Cc1cc(C)c(C(=O)Nc2ccc3c(c2)CC(=O)N3)c(OC2CCC2)n1. The number of fused-ring (bicyclic) bond motifs is 1. The van der Waals surface area contributed by atoms with Gasteiger partial charge in [0.25, 0.3) is 5.91 Å². The van der Waals surface area contributed by atoms with Crippen LogP contribution in [-0.4, -0.2) is 22.9 Å². The van der Waals surface area contributed by atoms with Crippen LogP contribution in [0.2, 0.25) is 0 Å². The lowest BCUT2D eigenvalue weighted by molar-refractivity contribution is -0.115. The number of pyridine rings is 1. The lowest BCUT2D eigenvalue weighted by atomic mass is 9.96. The fourth-order valence-corrected chi connectivity index (χ4v) is 3.31. The number of amides is 2. The molecule has 0 radical (unpaired) electrons. The number of rotatable bonds is 4. The predicted octanol–water partition coefficient (Wildman–Crippen LogP) is 3.38. The summed E-state index contributed by atoms with van der Waals surface area (Å²) in [5.74, 6) is 0.127. The van der Waals surface area contributed by atoms with Gasteiger partial charge >= 0.3 is 0 Å². The van der Waals surface area contributed by atoms with Gasteiger partial charge in [-0.25, -0.2) is 4.98 Å². The molecule has 1 aliphatic carbocycles. The maximum absolute atomic E-state index is 12.9. The van der Waals surface area contributed by atoms with Gasteiger partial charge in [0.15, 0.2) is 0 Å². The van der Waals surface area contributed by atoms with E-state index in [1.807, 2.05) is 32.0 Å². The molecule has 1 aromatic carbocycles. The number of hydrogen-bond acceptors (Lipinski definition) is 4. The second kappa shape index (κ2) is 6.44. The lowest BCUT2D eigenvalue weighted by Gasteiger charge is -2.27. The predicted molar refractivity (Wildman–Crippen MR) is 98.7 cm³/mol. The van der Waals surface area contributed by atoms with Crippen LogP contribution in [0.1, 0.15) is 46.4 Å². The summed E-state index contributed by atoms with van der Waals surface area (Å²) in [6.07, 6.45) is 3.63. The standard InChI is InChI=1S/C20H21N3O3/c1-11-8-12(2)21-20(26-15-4-3-5-15)18(11)19(25)22-14-6-7-16-13(9-14)10-17(24)23-16/h6-9,15H,3-5,10H2,1-2H3,(H,22,25)(H,23,24). The minimum Gasteiger partial charge on any atom is -0.474 e. The van der Waals surface area contributed by atoms with Crippen molar-refractivity contribution in [2.24, 2.45) is 0 Å². The molecule has 2 amide bonds. The molecule has 0 saturated heterocycles. The summed E-state index contributed by atoms with van der Waals surface area (Å²) in [4.78, 5) is 28.8. The molecule has 1 aromatic heterocycles. The summed E-state index contributed by atoms with van der Waals surface area (Å²) in [5, 5.41) is 5.70. The van der Waals surface area contributed by atoms with Crippen LogP contribution in [0, 0.1) is 13.8 Å². The Hall–Kier alpha value is -2.89. The average Bonchev–Trinajstić information content (AvgIpc) is 2.89. The third-order valence-corrected chi connectivity index (χ3v) is 4.86. The number of aryl methyl sites for hydroxylation is 2. The summed E-state index contributed by atoms with van der Waals surface area (Å²) in [6, 6.07) is 7.30. The molecule has 6 heteroatoms. The van der Waals surface area contributed by atoms with Crippen LogP contribution < -0.4 is 15.4 Å². The van der Waals surface area contributed by atoms with Crippen molar-refractivity contribution in [3.8, 4) is 5.88 Å². The fraction of sp³-hybridized carbons (Fsp3) is 0.350. The van der Waals surface area contributed by atoms with Crippen molar-refractivity contribution in [3.05, 3.63) is 46.6 Å². The van der Waals surface area contributed by atoms with Crippen molar-refractivity contribution < 1.29 is 14.3 Å². The molecule has 0 atom stereocenters. The van der Waals surface area contributed by atoms with E-state index in [4.69, 9.17) is 4.74 Å². The van der Waals surface area contributed by atoms with E-state index in [9.17, 15) is 9.59 Å². The Morgan fingerprint density at radius 3 is 2.81 bits per heavy atom. The molecule has 2 N–H and O–H groups in total. The van der Waals surface area contributed by atoms with Gasteiger partial charge in [-0.1, -0.05) is 0 Å². The Labute approximate surface area is 152 Å². The number of ether oxygens (including phenoxy) is 1. The summed E-state index contributed by atoms with van der Waals surface area (Å²) >= 11 is 0. The Balaban J connectivity index is 1.60. The van der Waals surface area contributed by atoms with E-state index in [-0.39, 0.29) is 17.9 Å². The van der Waals surface area contributed by atoms with Crippen molar-refractivity contribution >= 4 is 23.2 Å². The second-order valence-corrected chi connectivity index (χ2v) is 6.98. The molecule has 2 aromatic rings. The molecule has 1 saturated carbocycles. The fourth-order valence-electron chi connectivity index (χ4n) is 3.31. The summed E-state index contributed by atoms with van der Waals surface area (Å²) < 4.78 is 5.96. The van der Waals surface area contributed by atoms with E-state index in [2.05, 4.69) is 15.6 Å². The summed E-state index contributed by atoms with van der Waals surface area (Å²) in [5.41, 5.74) is 4.47. The zero-order valence-electron chi connectivity index (χ0n) is 14.9. The Bertz CT molecular complexity index is 903. The number of nitrogens with zero attached hydrogens (tertiary/aromatic N) is 1. The number of nitrogens with one attached hydrogen (secondary N) is 2. The van der Waals surface area contributed by atoms with Gasteiger partial charge in [0.05, 0.1) is 6.42 Å². The first-order chi connectivity index (χ1) is 12.5. The molecular weight excluding hydrogens is 330 g/mol. The molecule has 4 rings (SSSR count). The number of hydrogen-bond donors (Lipinski definition) is 2. The van der Waals surface area contributed by atoms with Gasteiger partial charge in [-0.3, -0.25) is 9.59 Å². The highest BCUT2D eigenvalue weighted by Gasteiger charge is 2.25. The van der Waals surface area contributed by atoms with Gasteiger partial charge < -0.3 is 15.4 Å². The minimum atomic E-state index is -0.249. The van der Waals surface area contributed by atoms with Crippen LogP contribution in [0.25, 0.3) is 0 Å². The molecule has 2 aliphatic rings. The minimum absolute atomic E-state index is 0.0294. The van der Waals surface area contributed by atoms with Gasteiger partial charge in [0.2, 0.25) is 11.8 Å². The topological polar surface area (TPSA) is 80.3 Å². The van der Waals surface area contributed by atoms with Crippen LogP contribution in [0.5, 0.6) is 5.88 Å². The smallest absolute Gasteiger partial charge is 0.261 e. The maximum Gasteiger partial charge on any atom is 0.261 e. The highest BCUT2D eigenvalue weighted by atomic mass is 16.5. The van der Waals surface area contributed by atoms with Crippen molar-refractivity contribution in [3.63, 3.8) is 0 Å². The molecule has 1 fully saturated rings. The molecular formula is C20H21N3O3. The van der Waals surface area contributed by atoms with Gasteiger partial charge in [0.1, 0.15) is 11.7 Å². The molecule has 0 bridgehead atoms. The third kappa shape index (κ3) is 3.14. The summed E-state index contributed by atoms with van der Waals surface area (Å²) in [6.45, 7) is 3.79. The highest BCUT2D eigenvalue weighted by molar-refractivity contribution is 6.07. The maximum atomic E-state index is 12.9. The zero-order valence-corrected chi connectivity index (χ0v) is 14.9. The highest BCUT2D eigenvalue weighted by Crippen LogP contribution is 2.30. The Morgan fingerprint density at radius 1 is 1.27 bits per heavy atom. The quantitative estimate of drug-likeness (QED) is 0.885. The van der Waals surface area contributed by atoms with Crippen molar-refractivity contribution in [1.29, 1.82) is 0 Å². The van der Waals surface area contributed by atoms with E-state index in [1.54, 1.807) is 6.07 Å². The first-order valence-corrected chi connectivity index (χ1v) is 8.88. The first kappa shape index (κ1) is 16.6. The molecule has 6 nitrogen and oxygen atoms in total. The number of carbonyl (C=O) groups is 2. The van der Waals surface area contributed by atoms with Crippen LogP contribution in [0.4, 0.5) is 11.4 Å². The van der Waals surface area contributed by atoms with Crippen LogP contribution in [0.15, 0.2) is 24.3 Å². The second-order valence-electron chi connectivity index (χ2n) is 6.98. The number of anilines is 2. The van der Waals surface area contributed by atoms with Gasteiger partial charge in [-0.05, 0) is 68.5 Å². The Kier molecular flexibility index (Phi) is 4.11. The van der Waals surface area contributed by atoms with Crippen LogP contribution >= 0.6 is 0 Å². The molecule has 134 valence electrons. The molecule has 0 unspecified atom stereocenters. The van der Waals surface area contributed by atoms with E-state index < -0.39 is 0 Å². The molecule has 26 heavy (non-hydrogen) atoms. The van der Waals surface area contributed by atoms with E-state index in [0.717, 1.165) is 41.8 Å². The van der Waals surface area contributed by atoms with Crippen LogP contribution in [0.3, 0.4) is 0 Å². The van der Waals surface area contributed by atoms with E-state index in [1.165, 1.54) is 0 Å². The number of aromatic nitrogens is 1. The van der Waals surface area contributed by atoms with Crippen molar-refractivity contribution in [2.45, 2.75) is 45.6 Å². The van der Waals surface area contributed by atoms with Gasteiger partial charge in [-0.15, -0.1) is 0 Å². The van der Waals surface area contributed by atoms with Crippen molar-refractivity contribution in [1.82, 2.24) is 4.98 Å². The first-order valence-electron chi connectivity index (χ1n) is 8.88. The van der Waals surface area contributed by atoms with Crippen molar-refractivity contribution in [2.75, 3.05) is 10.6 Å². The molecule has 0 spiro atoms. The van der Waals surface area contributed by atoms with Gasteiger partial charge in [-0.2, -0.15) is 0 Å². The summed E-state index contributed by atoms with van der Waals surface area (Å²) in [7, 11) is 0. The van der Waals surface area contributed by atoms with E-state index >= 15 is 0 Å². The Morgan fingerprint density at radius 2 is 2.08 bits per heavy atom. The molecule has 1 aliphatic heterocycles. The monoisotopic (exact) mass is 351 g/mol. The number of benzene rings is 1. The lowest BCUT2D eigenvalue weighted by Crippen LogP contribution is -2.27. The third-order valence-electron chi connectivity index (χ3n) is 4.86. The largest absolute Gasteiger partial charge is 0.474 e. The molecule has 2 heterocycles.